The topological polar surface area (TPSA) is 81.5 Å². The smallest absolute Gasteiger partial charge is 0.248 e. The van der Waals surface area contributed by atoms with Gasteiger partial charge < -0.3 is 11.5 Å². The minimum atomic E-state index is -0.258. The molecule has 0 aliphatic heterocycles. The van der Waals surface area contributed by atoms with Crippen molar-refractivity contribution in [1.82, 2.24) is 0 Å². The first-order valence-electron chi connectivity index (χ1n) is 4.85. The Morgan fingerprint density at radius 3 is 2.47 bits per heavy atom. The van der Waals surface area contributed by atoms with E-state index in [1.54, 1.807) is 0 Å². The highest BCUT2D eigenvalue weighted by molar-refractivity contribution is 5.91. The minimum Gasteiger partial charge on any atom is -0.370 e. The van der Waals surface area contributed by atoms with E-state index in [4.69, 9.17) is 11.5 Å². The Kier molecular flexibility index (Phi) is 4.34. The van der Waals surface area contributed by atoms with Gasteiger partial charge >= 0.3 is 0 Å². The summed E-state index contributed by atoms with van der Waals surface area (Å²) in [5.41, 5.74) is 11.4. The van der Waals surface area contributed by atoms with Gasteiger partial charge in [-0.15, -0.1) is 0 Å². The van der Waals surface area contributed by atoms with E-state index in [-0.39, 0.29) is 11.9 Å². The zero-order valence-electron chi connectivity index (χ0n) is 8.52. The van der Waals surface area contributed by atoms with Gasteiger partial charge in [0.1, 0.15) is 0 Å². The quantitative estimate of drug-likeness (QED) is 0.563. The van der Waals surface area contributed by atoms with Gasteiger partial charge in [0.15, 0.2) is 5.96 Å². The summed E-state index contributed by atoms with van der Waals surface area (Å²) in [4.78, 5) is 14.5. The molecule has 4 N–H and O–H groups in total. The van der Waals surface area contributed by atoms with Crippen LogP contribution in [0.15, 0.2) is 35.3 Å². The fourth-order valence-electron chi connectivity index (χ4n) is 1.29. The van der Waals surface area contributed by atoms with Crippen LogP contribution in [0.3, 0.4) is 0 Å². The number of guanidine groups is 1. The van der Waals surface area contributed by atoms with Crippen LogP contribution in [-0.2, 0) is 11.2 Å². The second-order valence-corrected chi connectivity index (χ2v) is 3.27. The zero-order valence-corrected chi connectivity index (χ0v) is 8.52. The maximum atomic E-state index is 11.1. The van der Waals surface area contributed by atoms with Crippen molar-refractivity contribution in [3.05, 3.63) is 35.9 Å². The van der Waals surface area contributed by atoms with Gasteiger partial charge in [-0.3, -0.25) is 4.79 Å². The maximum absolute atomic E-state index is 11.1. The summed E-state index contributed by atoms with van der Waals surface area (Å²) >= 11 is 0. The van der Waals surface area contributed by atoms with Gasteiger partial charge in [0.2, 0.25) is 5.91 Å². The summed E-state index contributed by atoms with van der Waals surface area (Å²) in [6.45, 7) is 0. The molecular formula is C11H15N3O. The largest absolute Gasteiger partial charge is 0.370 e. The maximum Gasteiger partial charge on any atom is 0.248 e. The molecule has 0 bridgehead atoms. The molecule has 1 aromatic carbocycles. The van der Waals surface area contributed by atoms with Gasteiger partial charge in [-0.25, -0.2) is 0 Å². The Balaban J connectivity index is 2.28. The minimum absolute atomic E-state index is 0.167. The summed E-state index contributed by atoms with van der Waals surface area (Å²) in [6, 6.07) is 9.99. The number of aliphatic imine (C=N–C) groups is 1. The first-order chi connectivity index (χ1) is 7.18. The van der Waals surface area contributed by atoms with E-state index in [1.165, 1.54) is 5.56 Å². The number of rotatable bonds is 4. The normalized spacial score (nSPS) is 9.60. The van der Waals surface area contributed by atoms with Crippen molar-refractivity contribution in [3.63, 3.8) is 0 Å². The summed E-state index contributed by atoms with van der Waals surface area (Å²) in [7, 11) is 0. The number of hydrogen-bond acceptors (Lipinski definition) is 1. The number of benzene rings is 1. The SMILES string of the molecule is NC(N)=NC(=O)CCCc1ccccc1. The third-order valence-corrected chi connectivity index (χ3v) is 1.95. The van der Waals surface area contributed by atoms with Crippen molar-refractivity contribution < 1.29 is 4.79 Å². The van der Waals surface area contributed by atoms with Crippen molar-refractivity contribution in [3.8, 4) is 0 Å². The molecule has 0 saturated carbocycles. The van der Waals surface area contributed by atoms with Crippen LogP contribution < -0.4 is 11.5 Å². The third kappa shape index (κ3) is 4.81. The van der Waals surface area contributed by atoms with E-state index in [0.29, 0.717) is 6.42 Å². The van der Waals surface area contributed by atoms with Crippen molar-refractivity contribution in [2.24, 2.45) is 16.5 Å². The van der Waals surface area contributed by atoms with Gasteiger partial charge in [0.05, 0.1) is 0 Å². The van der Waals surface area contributed by atoms with Crippen molar-refractivity contribution >= 4 is 11.9 Å². The lowest BCUT2D eigenvalue weighted by molar-refractivity contribution is -0.117. The van der Waals surface area contributed by atoms with Crippen LogP contribution in [0.5, 0.6) is 0 Å². The molecule has 0 aromatic heterocycles. The molecule has 0 fully saturated rings. The number of carbonyl (C=O) groups is 1. The van der Waals surface area contributed by atoms with Crippen molar-refractivity contribution in [1.29, 1.82) is 0 Å². The second-order valence-electron chi connectivity index (χ2n) is 3.27. The van der Waals surface area contributed by atoms with Crippen LogP contribution in [0.4, 0.5) is 0 Å². The molecule has 4 heteroatoms. The fraction of sp³-hybridized carbons (Fsp3) is 0.273. The van der Waals surface area contributed by atoms with Gasteiger partial charge in [-0.1, -0.05) is 30.3 Å². The number of carbonyl (C=O) groups excluding carboxylic acids is 1. The van der Waals surface area contributed by atoms with Crippen LogP contribution >= 0.6 is 0 Å². The van der Waals surface area contributed by atoms with Gasteiger partial charge in [0, 0.05) is 6.42 Å². The molecule has 0 heterocycles. The van der Waals surface area contributed by atoms with E-state index < -0.39 is 0 Å². The van der Waals surface area contributed by atoms with Crippen LogP contribution in [0, 0.1) is 0 Å². The number of amides is 1. The van der Waals surface area contributed by atoms with Crippen LogP contribution in [-0.4, -0.2) is 11.9 Å². The predicted octanol–water partition coefficient (Wildman–Crippen LogP) is 0.809. The molecule has 0 aliphatic carbocycles. The number of hydrogen-bond donors (Lipinski definition) is 2. The Hall–Kier alpha value is -1.84. The lowest BCUT2D eigenvalue weighted by Gasteiger charge is -1.98. The summed E-state index contributed by atoms with van der Waals surface area (Å²) in [5, 5.41) is 0. The predicted molar refractivity (Wildman–Crippen MR) is 60.2 cm³/mol. The van der Waals surface area contributed by atoms with Crippen LogP contribution in [0.2, 0.25) is 0 Å². The highest BCUT2D eigenvalue weighted by Gasteiger charge is 1.99. The molecule has 0 radical (unpaired) electrons. The lowest BCUT2D eigenvalue weighted by Crippen LogP contribution is -2.24. The van der Waals surface area contributed by atoms with Gasteiger partial charge in [0.25, 0.3) is 0 Å². The standard InChI is InChI=1S/C11H15N3O/c12-11(13)14-10(15)8-4-7-9-5-2-1-3-6-9/h1-3,5-6H,4,7-8H2,(H4,12,13,14,15). The average molecular weight is 205 g/mol. The first kappa shape index (κ1) is 11.2. The number of aryl methyl sites for hydroxylation is 1. The van der Waals surface area contributed by atoms with E-state index >= 15 is 0 Å². The van der Waals surface area contributed by atoms with E-state index in [1.807, 2.05) is 30.3 Å². The van der Waals surface area contributed by atoms with E-state index in [0.717, 1.165) is 12.8 Å². The monoisotopic (exact) mass is 205 g/mol. The number of nitrogens with zero attached hydrogens (tertiary/aromatic N) is 1. The zero-order chi connectivity index (χ0) is 11.1. The van der Waals surface area contributed by atoms with E-state index in [9.17, 15) is 4.79 Å². The summed E-state index contributed by atoms with van der Waals surface area (Å²) in [6.07, 6.45) is 2.01. The number of nitrogens with two attached hydrogens (primary N) is 2. The molecule has 80 valence electrons. The molecule has 1 rings (SSSR count). The van der Waals surface area contributed by atoms with Gasteiger partial charge in [-0.05, 0) is 18.4 Å². The van der Waals surface area contributed by atoms with E-state index in [2.05, 4.69) is 4.99 Å². The highest BCUT2D eigenvalue weighted by Crippen LogP contribution is 2.04. The Labute approximate surface area is 89.0 Å². The molecule has 1 amide bonds. The summed E-state index contributed by atoms with van der Waals surface area (Å²) in [5.74, 6) is -0.425. The summed E-state index contributed by atoms with van der Waals surface area (Å²) < 4.78 is 0. The average Bonchev–Trinajstić information content (AvgIpc) is 2.18. The van der Waals surface area contributed by atoms with Crippen LogP contribution in [0.1, 0.15) is 18.4 Å². The Morgan fingerprint density at radius 2 is 1.87 bits per heavy atom. The Bertz CT molecular complexity index is 342. The molecule has 0 atom stereocenters. The molecular weight excluding hydrogens is 190 g/mol. The molecule has 0 aliphatic rings. The molecule has 0 spiro atoms. The molecule has 0 saturated heterocycles. The van der Waals surface area contributed by atoms with Crippen LogP contribution in [0.25, 0.3) is 0 Å². The van der Waals surface area contributed by atoms with Crippen molar-refractivity contribution in [2.45, 2.75) is 19.3 Å². The Morgan fingerprint density at radius 1 is 1.20 bits per heavy atom. The van der Waals surface area contributed by atoms with Crippen molar-refractivity contribution in [2.75, 3.05) is 0 Å². The lowest BCUT2D eigenvalue weighted by atomic mass is 10.1. The highest BCUT2D eigenvalue weighted by atomic mass is 16.1. The molecule has 4 nitrogen and oxygen atoms in total. The molecule has 0 unspecified atom stereocenters. The van der Waals surface area contributed by atoms with Gasteiger partial charge in [-0.2, -0.15) is 4.99 Å². The second kappa shape index (κ2) is 5.80. The fourth-order valence-corrected chi connectivity index (χ4v) is 1.29. The molecule has 15 heavy (non-hydrogen) atoms. The third-order valence-electron chi connectivity index (χ3n) is 1.95. The molecule has 1 aromatic rings. The first-order valence-corrected chi connectivity index (χ1v) is 4.85.